The first-order valence-electron chi connectivity index (χ1n) is 10.3. The topological polar surface area (TPSA) is 71.1 Å². The molecule has 2 fully saturated rings. The number of nitrogens with one attached hydrogen (secondary N) is 1. The number of amides is 2. The van der Waals surface area contributed by atoms with E-state index in [1.165, 1.54) is 0 Å². The van der Waals surface area contributed by atoms with Crippen LogP contribution in [0.4, 0.5) is 0 Å². The maximum absolute atomic E-state index is 12.9. The van der Waals surface area contributed by atoms with E-state index in [-0.39, 0.29) is 30.9 Å². The van der Waals surface area contributed by atoms with E-state index in [0.717, 1.165) is 55.7 Å². The second-order valence-electron chi connectivity index (χ2n) is 8.02. The van der Waals surface area contributed by atoms with Gasteiger partial charge >= 0.3 is 0 Å². The molecule has 1 N–H and O–H groups in total. The largest absolute Gasteiger partial charge is 0.490 e. The summed E-state index contributed by atoms with van der Waals surface area (Å²) in [5, 5.41) is 2.96. The minimum Gasteiger partial charge on any atom is -0.490 e. The first kappa shape index (κ1) is 19.1. The lowest BCUT2D eigenvalue weighted by molar-refractivity contribution is -0.133. The van der Waals surface area contributed by atoms with Gasteiger partial charge in [0.1, 0.15) is 0 Å². The van der Waals surface area contributed by atoms with Crippen LogP contribution in [0.2, 0.25) is 0 Å². The molecule has 28 heavy (non-hydrogen) atoms. The minimum atomic E-state index is -0.00123. The zero-order valence-electron chi connectivity index (χ0n) is 16.5. The van der Waals surface area contributed by atoms with E-state index in [2.05, 4.69) is 5.32 Å². The number of likely N-dealkylation sites (N-methyl/N-ethyl adjacent to an activating group) is 1. The van der Waals surface area contributed by atoms with E-state index in [1.807, 2.05) is 30.1 Å². The summed E-state index contributed by atoms with van der Waals surface area (Å²) >= 11 is 0. The molecule has 2 amide bonds. The van der Waals surface area contributed by atoms with E-state index in [1.54, 1.807) is 4.90 Å². The highest BCUT2D eigenvalue weighted by Gasteiger charge is 2.31. The molecular formula is C21H29N3O4. The van der Waals surface area contributed by atoms with Crippen LogP contribution >= 0.6 is 0 Å². The lowest BCUT2D eigenvalue weighted by Crippen LogP contribution is -2.42. The van der Waals surface area contributed by atoms with Crippen molar-refractivity contribution in [2.45, 2.75) is 44.2 Å². The fourth-order valence-corrected chi connectivity index (χ4v) is 3.92. The SMILES string of the molecule is CN(CC(=O)NC1CC1)CC(=O)N1CCC[C@@H]1c1ccc2c(c1)OCCCO2. The molecule has 0 unspecified atom stereocenters. The van der Waals surface area contributed by atoms with Crippen LogP contribution in [0.25, 0.3) is 0 Å². The molecule has 2 aliphatic heterocycles. The molecule has 1 saturated carbocycles. The number of nitrogens with zero attached hydrogens (tertiary/aromatic N) is 2. The van der Waals surface area contributed by atoms with Gasteiger partial charge in [-0.2, -0.15) is 0 Å². The predicted molar refractivity (Wildman–Crippen MR) is 104 cm³/mol. The zero-order valence-corrected chi connectivity index (χ0v) is 16.5. The third-order valence-corrected chi connectivity index (χ3v) is 5.49. The summed E-state index contributed by atoms with van der Waals surface area (Å²) in [5.41, 5.74) is 1.09. The molecule has 4 rings (SSSR count). The third kappa shape index (κ3) is 4.58. The van der Waals surface area contributed by atoms with Crippen molar-refractivity contribution in [3.8, 4) is 11.5 Å². The Hall–Kier alpha value is -2.28. The van der Waals surface area contributed by atoms with Gasteiger partial charge in [0.2, 0.25) is 11.8 Å². The van der Waals surface area contributed by atoms with Gasteiger partial charge in [-0.15, -0.1) is 0 Å². The summed E-state index contributed by atoms with van der Waals surface area (Å²) in [5.74, 6) is 1.61. The average Bonchev–Trinajstić information content (AvgIpc) is 3.38. The number of ether oxygens (including phenoxy) is 2. The van der Waals surface area contributed by atoms with Crippen LogP contribution in [0.15, 0.2) is 18.2 Å². The van der Waals surface area contributed by atoms with Crippen molar-refractivity contribution in [2.24, 2.45) is 0 Å². The van der Waals surface area contributed by atoms with Crippen LogP contribution in [0.3, 0.4) is 0 Å². The molecule has 1 atom stereocenters. The highest BCUT2D eigenvalue weighted by atomic mass is 16.5. The lowest BCUT2D eigenvalue weighted by Gasteiger charge is -2.27. The summed E-state index contributed by atoms with van der Waals surface area (Å²) in [7, 11) is 1.82. The van der Waals surface area contributed by atoms with E-state index >= 15 is 0 Å². The van der Waals surface area contributed by atoms with Crippen LogP contribution in [-0.2, 0) is 9.59 Å². The molecule has 2 heterocycles. The summed E-state index contributed by atoms with van der Waals surface area (Å²) in [6.45, 7) is 2.57. The van der Waals surface area contributed by atoms with E-state index in [9.17, 15) is 9.59 Å². The van der Waals surface area contributed by atoms with E-state index in [0.29, 0.717) is 19.3 Å². The second-order valence-corrected chi connectivity index (χ2v) is 8.02. The number of carbonyl (C=O) groups excluding carboxylic acids is 2. The van der Waals surface area contributed by atoms with Crippen LogP contribution in [0.5, 0.6) is 11.5 Å². The molecule has 3 aliphatic rings. The molecule has 1 aromatic carbocycles. The summed E-state index contributed by atoms with van der Waals surface area (Å²) < 4.78 is 11.5. The first-order valence-corrected chi connectivity index (χ1v) is 10.3. The van der Waals surface area contributed by atoms with Crippen molar-refractivity contribution < 1.29 is 19.1 Å². The van der Waals surface area contributed by atoms with E-state index < -0.39 is 0 Å². The van der Waals surface area contributed by atoms with Gasteiger partial charge in [0, 0.05) is 19.0 Å². The number of hydrogen-bond donors (Lipinski definition) is 1. The zero-order chi connectivity index (χ0) is 19.5. The number of fused-ring (bicyclic) bond motifs is 1. The van der Waals surface area contributed by atoms with Gasteiger partial charge < -0.3 is 19.7 Å². The second kappa shape index (κ2) is 8.39. The summed E-state index contributed by atoms with van der Waals surface area (Å²) in [4.78, 5) is 28.6. The number of likely N-dealkylation sites (tertiary alicyclic amines) is 1. The number of benzene rings is 1. The fraction of sp³-hybridized carbons (Fsp3) is 0.619. The highest BCUT2D eigenvalue weighted by Crippen LogP contribution is 2.37. The molecular weight excluding hydrogens is 358 g/mol. The van der Waals surface area contributed by atoms with Gasteiger partial charge in [-0.1, -0.05) is 6.07 Å². The third-order valence-electron chi connectivity index (χ3n) is 5.49. The molecule has 1 aromatic rings. The van der Waals surface area contributed by atoms with Gasteiger partial charge in [-0.25, -0.2) is 0 Å². The van der Waals surface area contributed by atoms with Crippen molar-refractivity contribution in [3.63, 3.8) is 0 Å². The highest BCUT2D eigenvalue weighted by molar-refractivity contribution is 5.82. The van der Waals surface area contributed by atoms with Gasteiger partial charge in [0.15, 0.2) is 11.5 Å². The van der Waals surface area contributed by atoms with Crippen LogP contribution in [0, 0.1) is 0 Å². The molecule has 0 radical (unpaired) electrons. The summed E-state index contributed by atoms with van der Waals surface area (Å²) in [6, 6.07) is 6.41. The van der Waals surface area contributed by atoms with Crippen LogP contribution in [0.1, 0.15) is 43.7 Å². The van der Waals surface area contributed by atoms with Crippen LogP contribution in [-0.4, -0.2) is 67.6 Å². The van der Waals surface area contributed by atoms with Gasteiger partial charge in [-0.05, 0) is 50.4 Å². The number of carbonyl (C=O) groups is 2. The van der Waals surface area contributed by atoms with Crippen LogP contribution < -0.4 is 14.8 Å². The Morgan fingerprint density at radius 1 is 1.11 bits per heavy atom. The monoisotopic (exact) mass is 387 g/mol. The Morgan fingerprint density at radius 3 is 2.68 bits per heavy atom. The van der Waals surface area contributed by atoms with Gasteiger partial charge in [-0.3, -0.25) is 14.5 Å². The van der Waals surface area contributed by atoms with Crippen molar-refractivity contribution in [3.05, 3.63) is 23.8 Å². The maximum atomic E-state index is 12.9. The fourth-order valence-electron chi connectivity index (χ4n) is 3.92. The van der Waals surface area contributed by atoms with Gasteiger partial charge in [0.25, 0.3) is 0 Å². The molecule has 1 aliphatic carbocycles. The molecule has 7 heteroatoms. The molecule has 0 bridgehead atoms. The Kier molecular flexibility index (Phi) is 5.71. The van der Waals surface area contributed by atoms with Crippen molar-refractivity contribution in [2.75, 3.05) is 39.9 Å². The maximum Gasteiger partial charge on any atom is 0.237 e. The molecule has 7 nitrogen and oxygen atoms in total. The summed E-state index contributed by atoms with van der Waals surface area (Å²) in [6.07, 6.45) is 4.94. The first-order chi connectivity index (χ1) is 13.6. The van der Waals surface area contributed by atoms with E-state index in [4.69, 9.17) is 9.47 Å². The standard InChI is InChI=1S/C21H29N3O4/c1-23(13-20(25)22-16-6-7-16)14-21(26)24-9-2-4-17(24)15-5-8-18-19(12-15)28-11-3-10-27-18/h5,8,12,16-17H,2-4,6-7,9-11,13-14H2,1H3,(H,22,25)/t17-/m1/s1. The smallest absolute Gasteiger partial charge is 0.237 e. The van der Waals surface area contributed by atoms with Gasteiger partial charge in [0.05, 0.1) is 32.3 Å². The average molecular weight is 387 g/mol. The Bertz CT molecular complexity index is 734. The minimum absolute atomic E-state index is 0.00123. The lowest BCUT2D eigenvalue weighted by atomic mass is 10.0. The van der Waals surface area contributed by atoms with Crippen molar-refractivity contribution in [1.29, 1.82) is 0 Å². The van der Waals surface area contributed by atoms with Crippen molar-refractivity contribution in [1.82, 2.24) is 15.1 Å². The Balaban J connectivity index is 1.38. The predicted octanol–water partition coefficient (Wildman–Crippen LogP) is 1.72. The normalized spacial score (nSPS) is 21.5. The number of rotatable bonds is 6. The quantitative estimate of drug-likeness (QED) is 0.805. The Morgan fingerprint density at radius 2 is 1.89 bits per heavy atom. The molecule has 1 saturated heterocycles. The molecule has 152 valence electrons. The van der Waals surface area contributed by atoms with Crippen molar-refractivity contribution >= 4 is 11.8 Å². The Labute approximate surface area is 166 Å². The molecule has 0 spiro atoms. The molecule has 0 aromatic heterocycles. The number of hydrogen-bond acceptors (Lipinski definition) is 5.